The van der Waals surface area contributed by atoms with Crippen LogP contribution in [-0.4, -0.2) is 49.0 Å². The number of nitrogens with zero attached hydrogens (tertiary/aromatic N) is 3. The van der Waals surface area contributed by atoms with Gasteiger partial charge in [-0.3, -0.25) is 9.69 Å². The van der Waals surface area contributed by atoms with Crippen LogP contribution in [0, 0.1) is 5.92 Å². The molecular formula is C26H36N4OS. The van der Waals surface area contributed by atoms with Crippen molar-refractivity contribution in [3.05, 3.63) is 53.1 Å². The van der Waals surface area contributed by atoms with Crippen molar-refractivity contribution in [3.8, 4) is 0 Å². The molecule has 2 aliphatic rings. The van der Waals surface area contributed by atoms with E-state index in [1.807, 2.05) is 47.7 Å². The molecule has 0 spiro atoms. The Labute approximate surface area is 196 Å². The fourth-order valence-corrected chi connectivity index (χ4v) is 5.55. The molecule has 5 nitrogen and oxygen atoms in total. The van der Waals surface area contributed by atoms with E-state index in [4.69, 9.17) is 0 Å². The smallest absolute Gasteiger partial charge is 0.270 e. The Morgan fingerprint density at radius 3 is 2.91 bits per heavy atom. The first-order valence-corrected chi connectivity index (χ1v) is 13.0. The fraction of sp³-hybridized carbons (Fsp3) is 0.538. The third-order valence-electron chi connectivity index (χ3n) is 6.62. The molecule has 1 saturated heterocycles. The molecule has 1 aromatic heterocycles. The number of carbonyl (C=O) groups is 1. The highest BCUT2D eigenvalue weighted by molar-refractivity contribution is 7.14. The zero-order valence-corrected chi connectivity index (χ0v) is 20.1. The molecular weight excluding hydrogens is 416 g/mol. The first kappa shape index (κ1) is 23.0. The van der Waals surface area contributed by atoms with Gasteiger partial charge in [0.1, 0.15) is 5.69 Å². The van der Waals surface area contributed by atoms with E-state index < -0.39 is 0 Å². The van der Waals surface area contributed by atoms with Crippen LogP contribution in [0.2, 0.25) is 0 Å². The molecule has 0 bridgehead atoms. The Kier molecular flexibility index (Phi) is 8.35. The third-order valence-corrected chi connectivity index (χ3v) is 7.54. The summed E-state index contributed by atoms with van der Waals surface area (Å²) in [6.45, 7) is 4.11. The summed E-state index contributed by atoms with van der Waals surface area (Å²) in [6, 6.07) is 10.1. The van der Waals surface area contributed by atoms with Crippen molar-refractivity contribution in [2.75, 3.05) is 38.1 Å². The van der Waals surface area contributed by atoms with Gasteiger partial charge in [-0.15, -0.1) is 11.3 Å². The number of rotatable bonds is 7. The maximum atomic E-state index is 12.7. The van der Waals surface area contributed by atoms with Crippen LogP contribution in [0.1, 0.15) is 61.9 Å². The highest BCUT2D eigenvalue weighted by Crippen LogP contribution is 2.27. The van der Waals surface area contributed by atoms with Gasteiger partial charge < -0.3 is 10.2 Å². The number of amides is 1. The fourth-order valence-electron chi connectivity index (χ4n) is 4.76. The van der Waals surface area contributed by atoms with Crippen LogP contribution in [0.5, 0.6) is 0 Å². The molecule has 1 fully saturated rings. The normalized spacial score (nSPS) is 21.8. The van der Waals surface area contributed by atoms with Crippen LogP contribution in [0.3, 0.4) is 0 Å². The number of aromatic nitrogens is 1. The van der Waals surface area contributed by atoms with Gasteiger partial charge in [-0.05, 0) is 63.1 Å². The standard InChI is InChI=1S/C26H36N4OS/c1-29(23-14-8-5-9-15-23)26-28-24(20-32-26)25(31)27-17-22-13-10-16-30(19-22)18-21-11-6-3-2-4-7-12-21/h5,8-9,11,14-15,20,22H,2-4,6-7,10,12-13,16-19H2,1H3,(H,27,31)/b21-11+/t22-/m0/s1. The first-order valence-electron chi connectivity index (χ1n) is 12.1. The van der Waals surface area contributed by atoms with Crippen LogP contribution in [-0.2, 0) is 0 Å². The quantitative estimate of drug-likeness (QED) is 0.553. The van der Waals surface area contributed by atoms with Crippen LogP contribution in [0.15, 0.2) is 47.4 Å². The van der Waals surface area contributed by atoms with Crippen molar-refractivity contribution in [1.82, 2.24) is 15.2 Å². The Hall–Kier alpha value is -2.18. The lowest BCUT2D eigenvalue weighted by Gasteiger charge is -2.33. The predicted molar refractivity (Wildman–Crippen MR) is 134 cm³/mol. The molecule has 0 radical (unpaired) electrons. The average molecular weight is 453 g/mol. The second kappa shape index (κ2) is 11.6. The lowest BCUT2D eigenvalue weighted by atomic mass is 9.95. The second-order valence-corrected chi connectivity index (χ2v) is 10.0. The molecule has 0 saturated carbocycles. The van der Waals surface area contributed by atoms with E-state index in [9.17, 15) is 4.79 Å². The number of hydrogen-bond acceptors (Lipinski definition) is 5. The van der Waals surface area contributed by atoms with E-state index in [1.54, 1.807) is 5.57 Å². The molecule has 1 aliphatic heterocycles. The molecule has 4 rings (SSSR count). The molecule has 32 heavy (non-hydrogen) atoms. The number of anilines is 2. The van der Waals surface area contributed by atoms with Crippen LogP contribution < -0.4 is 10.2 Å². The number of likely N-dealkylation sites (tertiary alicyclic amines) is 1. The lowest BCUT2D eigenvalue weighted by Crippen LogP contribution is -2.41. The topological polar surface area (TPSA) is 48.5 Å². The summed E-state index contributed by atoms with van der Waals surface area (Å²) in [5, 5.41) is 5.84. The molecule has 2 heterocycles. The van der Waals surface area contributed by atoms with E-state index in [0.717, 1.165) is 30.5 Å². The number of carbonyl (C=O) groups excluding carboxylic acids is 1. The van der Waals surface area contributed by atoms with Gasteiger partial charge in [-0.1, -0.05) is 42.7 Å². The molecule has 6 heteroatoms. The molecule has 172 valence electrons. The molecule has 1 aliphatic carbocycles. The summed E-state index contributed by atoms with van der Waals surface area (Å²) >= 11 is 1.50. The summed E-state index contributed by atoms with van der Waals surface area (Å²) < 4.78 is 0. The Bertz CT molecular complexity index is 894. The highest BCUT2D eigenvalue weighted by Gasteiger charge is 2.22. The number of thiazole rings is 1. The van der Waals surface area contributed by atoms with Crippen molar-refractivity contribution in [2.24, 2.45) is 5.92 Å². The monoisotopic (exact) mass is 452 g/mol. The van der Waals surface area contributed by atoms with Gasteiger partial charge >= 0.3 is 0 Å². The summed E-state index contributed by atoms with van der Waals surface area (Å²) in [4.78, 5) is 21.9. The lowest BCUT2D eigenvalue weighted by molar-refractivity contribution is 0.0930. The van der Waals surface area contributed by atoms with E-state index in [0.29, 0.717) is 11.6 Å². The number of piperidine rings is 1. The number of para-hydroxylation sites is 1. The van der Waals surface area contributed by atoms with Gasteiger partial charge in [0.2, 0.25) is 0 Å². The molecule has 1 N–H and O–H groups in total. The number of allylic oxidation sites excluding steroid dienone is 1. The van der Waals surface area contributed by atoms with Crippen LogP contribution in [0.4, 0.5) is 10.8 Å². The summed E-state index contributed by atoms with van der Waals surface area (Å²) in [5.41, 5.74) is 3.21. The maximum Gasteiger partial charge on any atom is 0.270 e. The van der Waals surface area contributed by atoms with Crippen LogP contribution >= 0.6 is 11.3 Å². The van der Waals surface area contributed by atoms with E-state index in [1.165, 1.54) is 69.2 Å². The van der Waals surface area contributed by atoms with Gasteiger partial charge in [-0.25, -0.2) is 4.98 Å². The average Bonchev–Trinajstić information content (AvgIpc) is 3.30. The van der Waals surface area contributed by atoms with Crippen molar-refractivity contribution in [1.29, 1.82) is 0 Å². The van der Waals surface area contributed by atoms with Gasteiger partial charge in [0, 0.05) is 37.7 Å². The van der Waals surface area contributed by atoms with Gasteiger partial charge in [0.05, 0.1) is 0 Å². The number of benzene rings is 1. The molecule has 2 aromatic rings. The minimum Gasteiger partial charge on any atom is -0.350 e. The molecule has 0 unspecified atom stereocenters. The molecule has 1 atom stereocenters. The largest absolute Gasteiger partial charge is 0.350 e. The summed E-state index contributed by atoms with van der Waals surface area (Å²) in [7, 11) is 1.98. The molecule has 1 amide bonds. The van der Waals surface area contributed by atoms with E-state index in [-0.39, 0.29) is 5.91 Å². The minimum atomic E-state index is -0.0613. The third kappa shape index (κ3) is 6.42. The second-order valence-electron chi connectivity index (χ2n) is 9.18. The Balaban J connectivity index is 1.26. The van der Waals surface area contributed by atoms with Gasteiger partial charge in [0.15, 0.2) is 5.13 Å². The summed E-state index contributed by atoms with van der Waals surface area (Å²) in [6.07, 6.45) is 12.9. The minimum absolute atomic E-state index is 0.0613. The zero-order chi connectivity index (χ0) is 22.2. The van der Waals surface area contributed by atoms with Gasteiger partial charge in [0.25, 0.3) is 5.91 Å². The van der Waals surface area contributed by atoms with E-state index >= 15 is 0 Å². The summed E-state index contributed by atoms with van der Waals surface area (Å²) in [5.74, 6) is 0.459. The SMILES string of the molecule is CN(c1ccccc1)c1nc(C(=O)NC[C@@H]2CCCN(C/C3=C/CCCCCC3)C2)cs1. The van der Waals surface area contributed by atoms with Crippen LogP contribution in [0.25, 0.3) is 0 Å². The van der Waals surface area contributed by atoms with Gasteiger partial charge in [-0.2, -0.15) is 0 Å². The Morgan fingerprint density at radius 1 is 1.19 bits per heavy atom. The van der Waals surface area contributed by atoms with Crippen molar-refractivity contribution in [3.63, 3.8) is 0 Å². The highest BCUT2D eigenvalue weighted by atomic mass is 32.1. The van der Waals surface area contributed by atoms with Crippen molar-refractivity contribution >= 4 is 28.1 Å². The first-order chi connectivity index (χ1) is 15.7. The maximum absolute atomic E-state index is 12.7. The van der Waals surface area contributed by atoms with Crippen molar-refractivity contribution < 1.29 is 4.79 Å². The number of nitrogens with one attached hydrogen (secondary N) is 1. The zero-order valence-electron chi connectivity index (χ0n) is 19.3. The van der Waals surface area contributed by atoms with Crippen molar-refractivity contribution in [2.45, 2.75) is 51.4 Å². The predicted octanol–water partition coefficient (Wildman–Crippen LogP) is 5.63. The van der Waals surface area contributed by atoms with E-state index in [2.05, 4.69) is 21.3 Å². The number of hydrogen-bond donors (Lipinski definition) is 1. The molecule has 1 aromatic carbocycles. The Morgan fingerprint density at radius 2 is 2.03 bits per heavy atom.